The maximum Gasteiger partial charge on any atom is 0.318 e. The number of thioether (sulfide) groups is 1. The fraction of sp³-hybridized carbons (Fsp3) is 0.308. The summed E-state index contributed by atoms with van der Waals surface area (Å²) in [4.78, 5) is 34.3. The summed E-state index contributed by atoms with van der Waals surface area (Å²) in [5.41, 5.74) is 4.79. The molecular formula is C13H16N2O5S. The van der Waals surface area contributed by atoms with E-state index in [2.05, 4.69) is 0 Å². The molecule has 0 radical (unpaired) electrons. The Hall–Kier alpha value is -2.22. The maximum atomic E-state index is 11.6. The summed E-state index contributed by atoms with van der Waals surface area (Å²) >= 11 is 1.26. The van der Waals surface area contributed by atoms with Crippen LogP contribution < -0.4 is 15.8 Å². The Bertz CT molecular complexity index is 518. The number of esters is 1. The number of nitrogens with two attached hydrogens (primary N) is 1. The monoisotopic (exact) mass is 312 g/mol. The van der Waals surface area contributed by atoms with Gasteiger partial charge in [0.25, 0.3) is 5.91 Å². The van der Waals surface area contributed by atoms with E-state index in [0.29, 0.717) is 0 Å². The molecule has 0 aromatic heterocycles. The molecule has 1 aromatic rings. The second-order valence-electron chi connectivity index (χ2n) is 3.95. The Kier molecular flexibility index (Phi) is 6.54. The number of hydrogen-bond acceptors (Lipinski definition) is 6. The zero-order valence-corrected chi connectivity index (χ0v) is 12.4. The van der Waals surface area contributed by atoms with Crippen LogP contribution in [-0.2, 0) is 14.3 Å². The lowest BCUT2D eigenvalue weighted by atomic mass is 10.3. The van der Waals surface area contributed by atoms with Gasteiger partial charge < -0.3 is 15.2 Å². The molecule has 0 bridgehead atoms. The molecule has 0 unspecified atom stereocenters. The van der Waals surface area contributed by atoms with Gasteiger partial charge in [0.05, 0.1) is 12.9 Å². The van der Waals surface area contributed by atoms with Crippen LogP contribution in [0.5, 0.6) is 5.75 Å². The topological polar surface area (TPSA) is 108 Å². The number of carbonyl (C=O) groups excluding carboxylic acids is 3. The molecule has 0 fully saturated rings. The van der Waals surface area contributed by atoms with E-state index < -0.39 is 24.0 Å². The predicted molar refractivity (Wildman–Crippen MR) is 77.0 cm³/mol. The number of imide groups is 1. The molecule has 1 rings (SSSR count). The van der Waals surface area contributed by atoms with Gasteiger partial charge in [-0.2, -0.15) is 0 Å². The largest absolute Gasteiger partial charge is 0.497 e. The molecule has 3 amide bonds. The molecule has 0 saturated carbocycles. The van der Waals surface area contributed by atoms with Crippen LogP contribution in [0.3, 0.4) is 0 Å². The van der Waals surface area contributed by atoms with Crippen molar-refractivity contribution in [3.63, 3.8) is 0 Å². The SMILES string of the molecule is COc1ccc(SCC(=O)O[C@@H](C)C(=O)NC(N)=O)cc1. The number of nitrogens with one attached hydrogen (secondary N) is 1. The number of primary amides is 1. The molecule has 0 aliphatic rings. The van der Waals surface area contributed by atoms with Crippen LogP contribution in [0.4, 0.5) is 4.79 Å². The molecule has 1 atom stereocenters. The average Bonchev–Trinajstić information content (AvgIpc) is 2.44. The number of rotatable bonds is 6. The molecule has 7 nitrogen and oxygen atoms in total. The van der Waals surface area contributed by atoms with Crippen LogP contribution in [0.2, 0.25) is 0 Å². The van der Waals surface area contributed by atoms with E-state index in [9.17, 15) is 14.4 Å². The smallest absolute Gasteiger partial charge is 0.318 e. The molecule has 0 aliphatic carbocycles. The Morgan fingerprint density at radius 1 is 1.29 bits per heavy atom. The summed E-state index contributed by atoms with van der Waals surface area (Å²) in [5.74, 6) is -0.563. The van der Waals surface area contributed by atoms with E-state index in [0.717, 1.165) is 10.6 Å². The Morgan fingerprint density at radius 3 is 2.43 bits per heavy atom. The summed E-state index contributed by atoms with van der Waals surface area (Å²) in [6, 6.07) is 6.17. The van der Waals surface area contributed by atoms with Crippen LogP contribution in [-0.4, -0.2) is 36.9 Å². The van der Waals surface area contributed by atoms with Crippen molar-refractivity contribution in [1.82, 2.24) is 5.32 Å². The van der Waals surface area contributed by atoms with Crippen LogP contribution in [0.15, 0.2) is 29.2 Å². The quantitative estimate of drug-likeness (QED) is 0.597. The number of amides is 3. The van der Waals surface area contributed by atoms with Crippen LogP contribution in [0.25, 0.3) is 0 Å². The van der Waals surface area contributed by atoms with Crippen molar-refractivity contribution in [3.8, 4) is 5.75 Å². The van der Waals surface area contributed by atoms with Crippen molar-refractivity contribution in [3.05, 3.63) is 24.3 Å². The van der Waals surface area contributed by atoms with Gasteiger partial charge in [0.2, 0.25) is 0 Å². The van der Waals surface area contributed by atoms with Gasteiger partial charge in [-0.3, -0.25) is 14.9 Å². The highest BCUT2D eigenvalue weighted by Gasteiger charge is 2.18. The second-order valence-corrected chi connectivity index (χ2v) is 5.00. The molecule has 0 spiro atoms. The number of ether oxygens (including phenoxy) is 2. The van der Waals surface area contributed by atoms with Crippen molar-refractivity contribution in [2.45, 2.75) is 17.9 Å². The van der Waals surface area contributed by atoms with Crippen molar-refractivity contribution < 1.29 is 23.9 Å². The maximum absolute atomic E-state index is 11.6. The van der Waals surface area contributed by atoms with Gasteiger partial charge in [-0.15, -0.1) is 11.8 Å². The third kappa shape index (κ3) is 6.17. The van der Waals surface area contributed by atoms with Crippen molar-refractivity contribution in [2.24, 2.45) is 5.73 Å². The summed E-state index contributed by atoms with van der Waals surface area (Å²) in [5, 5.41) is 1.84. The molecule has 21 heavy (non-hydrogen) atoms. The van der Waals surface area contributed by atoms with Crippen LogP contribution in [0, 0.1) is 0 Å². The minimum absolute atomic E-state index is 0.0422. The molecule has 0 aliphatic heterocycles. The van der Waals surface area contributed by atoms with E-state index in [1.54, 1.807) is 31.4 Å². The third-order valence-electron chi connectivity index (χ3n) is 2.34. The Balaban J connectivity index is 2.39. The van der Waals surface area contributed by atoms with Gasteiger partial charge in [0.15, 0.2) is 6.10 Å². The lowest BCUT2D eigenvalue weighted by molar-refractivity contribution is -0.151. The number of methoxy groups -OCH3 is 1. The van der Waals surface area contributed by atoms with Gasteiger partial charge in [-0.05, 0) is 31.2 Å². The zero-order valence-electron chi connectivity index (χ0n) is 11.6. The fourth-order valence-corrected chi connectivity index (χ4v) is 2.00. The normalized spacial score (nSPS) is 11.3. The highest BCUT2D eigenvalue weighted by atomic mass is 32.2. The zero-order chi connectivity index (χ0) is 15.8. The van der Waals surface area contributed by atoms with E-state index in [1.807, 2.05) is 5.32 Å². The predicted octanol–water partition coefficient (Wildman–Crippen LogP) is 0.914. The Labute approximate surface area is 126 Å². The first kappa shape index (κ1) is 16.8. The number of hydrogen-bond donors (Lipinski definition) is 2. The molecule has 114 valence electrons. The van der Waals surface area contributed by atoms with Crippen molar-refractivity contribution in [2.75, 3.05) is 12.9 Å². The Morgan fingerprint density at radius 2 is 1.90 bits per heavy atom. The van der Waals surface area contributed by atoms with E-state index in [4.69, 9.17) is 15.2 Å². The molecule has 1 aromatic carbocycles. The highest BCUT2D eigenvalue weighted by molar-refractivity contribution is 8.00. The highest BCUT2D eigenvalue weighted by Crippen LogP contribution is 2.21. The molecule has 0 saturated heterocycles. The summed E-state index contributed by atoms with van der Waals surface area (Å²) in [6.45, 7) is 1.36. The first-order valence-electron chi connectivity index (χ1n) is 5.99. The fourth-order valence-electron chi connectivity index (χ4n) is 1.32. The van der Waals surface area contributed by atoms with Crippen LogP contribution >= 0.6 is 11.8 Å². The summed E-state index contributed by atoms with van der Waals surface area (Å²) < 4.78 is 9.90. The lowest BCUT2D eigenvalue weighted by Crippen LogP contribution is -2.42. The lowest BCUT2D eigenvalue weighted by Gasteiger charge is -2.11. The van der Waals surface area contributed by atoms with E-state index >= 15 is 0 Å². The van der Waals surface area contributed by atoms with E-state index in [-0.39, 0.29) is 5.75 Å². The standard InChI is InChI=1S/C13H16N2O5S/c1-8(12(17)15-13(14)18)20-11(16)7-21-10-5-3-9(19-2)4-6-10/h3-6,8H,7H2,1-2H3,(H3,14,15,17,18)/t8-/m0/s1. The molecule has 8 heteroatoms. The minimum atomic E-state index is -1.08. The van der Waals surface area contributed by atoms with Crippen molar-refractivity contribution >= 4 is 29.7 Å². The number of urea groups is 1. The van der Waals surface area contributed by atoms with Gasteiger partial charge >= 0.3 is 12.0 Å². The molecule has 0 heterocycles. The second kappa shape index (κ2) is 8.15. The first-order valence-corrected chi connectivity index (χ1v) is 6.97. The number of benzene rings is 1. The molecule has 3 N–H and O–H groups in total. The molecular weight excluding hydrogens is 296 g/mol. The average molecular weight is 312 g/mol. The van der Waals surface area contributed by atoms with Gasteiger partial charge in [-0.25, -0.2) is 4.79 Å². The summed E-state index contributed by atoms with van der Waals surface area (Å²) in [6.07, 6.45) is -1.08. The summed E-state index contributed by atoms with van der Waals surface area (Å²) in [7, 11) is 1.57. The number of carbonyl (C=O) groups is 3. The first-order chi connectivity index (χ1) is 9.92. The van der Waals surface area contributed by atoms with Crippen molar-refractivity contribution in [1.29, 1.82) is 0 Å². The van der Waals surface area contributed by atoms with Crippen LogP contribution in [0.1, 0.15) is 6.92 Å². The van der Waals surface area contributed by atoms with Gasteiger partial charge in [0, 0.05) is 4.90 Å². The van der Waals surface area contributed by atoms with Gasteiger partial charge in [0.1, 0.15) is 5.75 Å². The van der Waals surface area contributed by atoms with Gasteiger partial charge in [-0.1, -0.05) is 0 Å². The van der Waals surface area contributed by atoms with E-state index in [1.165, 1.54) is 18.7 Å². The minimum Gasteiger partial charge on any atom is -0.497 e. The third-order valence-corrected chi connectivity index (χ3v) is 3.33.